The van der Waals surface area contributed by atoms with E-state index in [-0.39, 0.29) is 11.8 Å². The highest BCUT2D eigenvalue weighted by Crippen LogP contribution is 2.22. The van der Waals surface area contributed by atoms with Gasteiger partial charge in [-0.05, 0) is 43.7 Å². The summed E-state index contributed by atoms with van der Waals surface area (Å²) in [5.74, 6) is 2.03. The lowest BCUT2D eigenvalue weighted by Crippen LogP contribution is -2.49. The Hall–Kier alpha value is -1.62. The molecule has 0 aliphatic carbocycles. The molecule has 3 rings (SSSR count). The van der Waals surface area contributed by atoms with Gasteiger partial charge in [-0.1, -0.05) is 19.9 Å². The van der Waals surface area contributed by atoms with Gasteiger partial charge < -0.3 is 15.1 Å². The lowest BCUT2D eigenvalue weighted by atomic mass is 9.95. The van der Waals surface area contributed by atoms with Crippen molar-refractivity contribution in [2.45, 2.75) is 45.6 Å². The molecule has 2 fully saturated rings. The normalized spacial score (nSPS) is 23.0. The van der Waals surface area contributed by atoms with Crippen LogP contribution >= 0.6 is 0 Å². The van der Waals surface area contributed by atoms with Crippen LogP contribution in [0.15, 0.2) is 24.4 Å². The first-order valence-corrected chi connectivity index (χ1v) is 9.80. The van der Waals surface area contributed by atoms with Crippen LogP contribution in [-0.2, 0) is 4.79 Å². The first kappa shape index (κ1) is 18.2. The fraction of sp³-hybridized carbons (Fsp3) is 0.700. The summed E-state index contributed by atoms with van der Waals surface area (Å²) in [5.41, 5.74) is 0. The highest BCUT2D eigenvalue weighted by Gasteiger charge is 2.29. The number of nitrogens with zero attached hydrogens (tertiary/aromatic N) is 3. The van der Waals surface area contributed by atoms with E-state index in [9.17, 15) is 4.79 Å². The quantitative estimate of drug-likeness (QED) is 0.892. The molecule has 0 unspecified atom stereocenters. The summed E-state index contributed by atoms with van der Waals surface area (Å²) < 4.78 is 0. The van der Waals surface area contributed by atoms with E-state index in [1.165, 1.54) is 6.54 Å². The van der Waals surface area contributed by atoms with Crippen molar-refractivity contribution >= 4 is 11.7 Å². The monoisotopic (exact) mass is 344 g/mol. The molecule has 25 heavy (non-hydrogen) atoms. The maximum atomic E-state index is 12.7. The van der Waals surface area contributed by atoms with Crippen LogP contribution in [0.1, 0.15) is 39.5 Å². The third-order valence-corrected chi connectivity index (χ3v) is 5.32. The Morgan fingerprint density at radius 1 is 1.24 bits per heavy atom. The summed E-state index contributed by atoms with van der Waals surface area (Å²) >= 11 is 0. The second-order valence-corrected chi connectivity index (χ2v) is 7.95. The van der Waals surface area contributed by atoms with Gasteiger partial charge in [-0.25, -0.2) is 4.98 Å². The third-order valence-electron chi connectivity index (χ3n) is 5.32. The molecule has 2 aliphatic heterocycles. The summed E-state index contributed by atoms with van der Waals surface area (Å²) in [6.07, 6.45) is 6.02. The van der Waals surface area contributed by atoms with E-state index < -0.39 is 0 Å². The van der Waals surface area contributed by atoms with Gasteiger partial charge in [0.15, 0.2) is 0 Å². The largest absolute Gasteiger partial charge is 0.356 e. The van der Waals surface area contributed by atoms with Crippen molar-refractivity contribution in [2.24, 2.45) is 11.8 Å². The molecule has 0 radical (unpaired) electrons. The maximum absolute atomic E-state index is 12.7. The van der Waals surface area contributed by atoms with Crippen molar-refractivity contribution in [3.05, 3.63) is 24.4 Å². The first-order valence-electron chi connectivity index (χ1n) is 9.80. The Morgan fingerprint density at radius 3 is 2.72 bits per heavy atom. The zero-order valence-electron chi connectivity index (χ0n) is 15.7. The van der Waals surface area contributed by atoms with Crippen LogP contribution in [0.4, 0.5) is 5.82 Å². The Morgan fingerprint density at radius 2 is 2.04 bits per heavy atom. The fourth-order valence-electron chi connectivity index (χ4n) is 4.04. The summed E-state index contributed by atoms with van der Waals surface area (Å²) in [6, 6.07) is 6.33. The van der Waals surface area contributed by atoms with Crippen LogP contribution < -0.4 is 10.2 Å². The van der Waals surface area contributed by atoms with Crippen molar-refractivity contribution in [2.75, 3.05) is 37.6 Å². The fourth-order valence-corrected chi connectivity index (χ4v) is 4.04. The molecule has 0 saturated carbocycles. The number of nitrogens with one attached hydrogen (secondary N) is 1. The molecule has 0 spiro atoms. The van der Waals surface area contributed by atoms with Crippen LogP contribution in [0.3, 0.4) is 0 Å². The van der Waals surface area contributed by atoms with E-state index in [4.69, 9.17) is 0 Å². The Labute approximate surface area is 151 Å². The molecule has 3 heterocycles. The van der Waals surface area contributed by atoms with Crippen molar-refractivity contribution in [3.8, 4) is 0 Å². The minimum Gasteiger partial charge on any atom is -0.356 e. The number of rotatable bonds is 5. The van der Waals surface area contributed by atoms with Crippen LogP contribution in [0.2, 0.25) is 0 Å². The number of hydrogen-bond acceptors (Lipinski definition) is 4. The number of aromatic nitrogens is 1. The van der Waals surface area contributed by atoms with E-state index in [2.05, 4.69) is 33.9 Å². The molecule has 1 amide bonds. The zero-order valence-corrected chi connectivity index (χ0v) is 15.7. The molecular weight excluding hydrogens is 312 g/mol. The molecule has 0 bridgehead atoms. The van der Waals surface area contributed by atoms with E-state index in [0.29, 0.717) is 12.0 Å². The van der Waals surface area contributed by atoms with Crippen molar-refractivity contribution < 1.29 is 4.79 Å². The van der Waals surface area contributed by atoms with Crippen molar-refractivity contribution in [1.29, 1.82) is 0 Å². The smallest absolute Gasteiger partial charge is 0.225 e. The predicted molar refractivity (Wildman–Crippen MR) is 102 cm³/mol. The van der Waals surface area contributed by atoms with E-state index in [1.54, 1.807) is 0 Å². The third kappa shape index (κ3) is 5.18. The van der Waals surface area contributed by atoms with Crippen LogP contribution in [-0.4, -0.2) is 54.6 Å². The molecule has 1 N–H and O–H groups in total. The van der Waals surface area contributed by atoms with Crippen molar-refractivity contribution in [1.82, 2.24) is 15.2 Å². The molecule has 1 aromatic heterocycles. The van der Waals surface area contributed by atoms with Gasteiger partial charge >= 0.3 is 0 Å². The minimum absolute atomic E-state index is 0.0875. The van der Waals surface area contributed by atoms with Gasteiger partial charge in [-0.3, -0.25) is 4.79 Å². The molecular formula is C20H32N4O. The minimum atomic E-state index is 0.0875. The van der Waals surface area contributed by atoms with E-state index >= 15 is 0 Å². The van der Waals surface area contributed by atoms with Gasteiger partial charge in [0, 0.05) is 45.0 Å². The number of piperidine rings is 2. The van der Waals surface area contributed by atoms with Gasteiger partial charge in [0.2, 0.25) is 5.91 Å². The number of pyridine rings is 1. The highest BCUT2D eigenvalue weighted by atomic mass is 16.2. The molecule has 2 saturated heterocycles. The van der Waals surface area contributed by atoms with Crippen LogP contribution in [0.25, 0.3) is 0 Å². The number of carbonyl (C=O) groups excluding carboxylic acids is 1. The second kappa shape index (κ2) is 8.65. The molecule has 0 aromatic carbocycles. The number of hydrogen-bond donors (Lipinski definition) is 1. The standard InChI is InChI=1S/C20H32N4O/c1-16(2)14-23-12-8-18(9-13-23)22-20(25)17-6-5-11-24(15-17)19-7-3-4-10-21-19/h3-4,7,10,16-18H,5-6,8-9,11-15H2,1-2H3,(H,22,25)/t17-/m0/s1. The molecule has 5 heteroatoms. The number of amides is 1. The van der Waals surface area contributed by atoms with Crippen LogP contribution in [0.5, 0.6) is 0 Å². The average molecular weight is 345 g/mol. The maximum Gasteiger partial charge on any atom is 0.225 e. The van der Waals surface area contributed by atoms with Gasteiger partial charge in [-0.2, -0.15) is 0 Å². The topological polar surface area (TPSA) is 48.5 Å². The van der Waals surface area contributed by atoms with Gasteiger partial charge in [0.05, 0.1) is 5.92 Å². The van der Waals surface area contributed by atoms with Gasteiger partial charge in [-0.15, -0.1) is 0 Å². The Bertz CT molecular complexity index is 540. The molecule has 2 aliphatic rings. The highest BCUT2D eigenvalue weighted by molar-refractivity contribution is 5.79. The average Bonchev–Trinajstić information content (AvgIpc) is 2.64. The Kier molecular flexibility index (Phi) is 6.29. The van der Waals surface area contributed by atoms with E-state index in [1.807, 2.05) is 24.4 Å². The zero-order chi connectivity index (χ0) is 17.6. The number of anilines is 1. The molecule has 5 nitrogen and oxygen atoms in total. The summed E-state index contributed by atoms with van der Waals surface area (Å²) in [4.78, 5) is 21.9. The lowest BCUT2D eigenvalue weighted by molar-refractivity contribution is -0.126. The van der Waals surface area contributed by atoms with Gasteiger partial charge in [0.25, 0.3) is 0 Å². The lowest BCUT2D eigenvalue weighted by Gasteiger charge is -2.36. The molecule has 138 valence electrons. The SMILES string of the molecule is CC(C)CN1CCC(NC(=O)[C@H]2CCCN(c3ccccn3)C2)CC1. The van der Waals surface area contributed by atoms with Gasteiger partial charge in [0.1, 0.15) is 5.82 Å². The second-order valence-electron chi connectivity index (χ2n) is 7.95. The molecule has 1 atom stereocenters. The number of carbonyl (C=O) groups is 1. The number of likely N-dealkylation sites (tertiary alicyclic amines) is 1. The Balaban J connectivity index is 1.47. The summed E-state index contributed by atoms with van der Waals surface area (Å²) in [5, 5.41) is 3.32. The van der Waals surface area contributed by atoms with Crippen molar-refractivity contribution in [3.63, 3.8) is 0 Å². The predicted octanol–water partition coefficient (Wildman–Crippen LogP) is 2.53. The first-order chi connectivity index (χ1) is 12.1. The van der Waals surface area contributed by atoms with Crippen LogP contribution in [0, 0.1) is 11.8 Å². The summed E-state index contributed by atoms with van der Waals surface area (Å²) in [7, 11) is 0. The molecule has 1 aromatic rings. The van der Waals surface area contributed by atoms with E-state index in [0.717, 1.165) is 57.7 Å². The summed E-state index contributed by atoms with van der Waals surface area (Å²) in [6.45, 7) is 9.70.